The highest BCUT2D eigenvalue weighted by molar-refractivity contribution is 5.95. The van der Waals surface area contributed by atoms with Crippen LogP contribution in [0.25, 0.3) is 0 Å². The van der Waals surface area contributed by atoms with Crippen molar-refractivity contribution in [2.45, 2.75) is 25.8 Å². The molecule has 0 radical (unpaired) electrons. The zero-order valence-corrected chi connectivity index (χ0v) is 16.1. The number of nitrogens with zero attached hydrogens (tertiary/aromatic N) is 2. The molecular weight excluding hydrogens is 376 g/mol. The second-order valence-corrected chi connectivity index (χ2v) is 6.93. The lowest BCUT2D eigenvalue weighted by Gasteiger charge is -2.27. The van der Waals surface area contributed by atoms with Crippen molar-refractivity contribution in [3.8, 4) is 17.2 Å². The van der Waals surface area contributed by atoms with Crippen LogP contribution >= 0.6 is 0 Å². The minimum atomic E-state index is -0.524. The van der Waals surface area contributed by atoms with E-state index in [-0.39, 0.29) is 28.9 Å². The van der Waals surface area contributed by atoms with Crippen LogP contribution in [0.1, 0.15) is 41.7 Å². The molecule has 1 amide bonds. The highest BCUT2D eigenvalue weighted by atomic mass is 16.6. The normalized spacial score (nSPS) is 17.8. The van der Waals surface area contributed by atoms with Crippen LogP contribution in [0.4, 0.5) is 5.69 Å². The van der Waals surface area contributed by atoms with Crippen molar-refractivity contribution in [1.82, 2.24) is 4.90 Å². The Hall–Kier alpha value is -3.29. The van der Waals surface area contributed by atoms with Gasteiger partial charge in [-0.05, 0) is 49.6 Å². The van der Waals surface area contributed by atoms with Gasteiger partial charge in [0.1, 0.15) is 13.2 Å². The van der Waals surface area contributed by atoms with Crippen LogP contribution in [0.5, 0.6) is 17.2 Å². The third-order valence-corrected chi connectivity index (χ3v) is 5.17. The predicted octanol–water partition coefficient (Wildman–Crippen LogP) is 3.74. The molecule has 0 aliphatic carbocycles. The summed E-state index contributed by atoms with van der Waals surface area (Å²) in [4.78, 5) is 25.8. The average Bonchev–Trinajstić information content (AvgIpc) is 3.23. The molecule has 0 unspecified atom stereocenters. The minimum absolute atomic E-state index is 0.107. The number of fused-ring (bicyclic) bond motifs is 1. The summed E-state index contributed by atoms with van der Waals surface area (Å²) in [6.45, 7) is 3.69. The van der Waals surface area contributed by atoms with Crippen molar-refractivity contribution in [3.63, 3.8) is 0 Å². The third-order valence-electron chi connectivity index (χ3n) is 5.17. The van der Waals surface area contributed by atoms with E-state index in [9.17, 15) is 14.9 Å². The van der Waals surface area contributed by atoms with Gasteiger partial charge in [-0.2, -0.15) is 0 Å². The Kier molecular flexibility index (Phi) is 5.24. The molecular formula is C21H22N2O6. The molecule has 2 aromatic carbocycles. The first-order chi connectivity index (χ1) is 14.1. The molecule has 0 aromatic heterocycles. The van der Waals surface area contributed by atoms with Crippen molar-refractivity contribution < 1.29 is 23.9 Å². The summed E-state index contributed by atoms with van der Waals surface area (Å²) < 4.78 is 16.5. The summed E-state index contributed by atoms with van der Waals surface area (Å²) in [5.41, 5.74) is 1.05. The lowest BCUT2D eigenvalue weighted by Crippen LogP contribution is -2.30. The van der Waals surface area contributed by atoms with Crippen LogP contribution in [-0.2, 0) is 0 Å². The molecule has 0 N–H and O–H groups in total. The van der Waals surface area contributed by atoms with Gasteiger partial charge in [-0.1, -0.05) is 6.07 Å². The fourth-order valence-corrected chi connectivity index (χ4v) is 3.86. The molecule has 29 heavy (non-hydrogen) atoms. The number of ether oxygens (including phenoxy) is 3. The van der Waals surface area contributed by atoms with Crippen LogP contribution < -0.4 is 14.2 Å². The van der Waals surface area contributed by atoms with Crippen molar-refractivity contribution in [1.29, 1.82) is 0 Å². The molecule has 2 aromatic rings. The quantitative estimate of drug-likeness (QED) is 0.563. The van der Waals surface area contributed by atoms with Crippen molar-refractivity contribution >= 4 is 11.6 Å². The van der Waals surface area contributed by atoms with E-state index in [2.05, 4.69) is 0 Å². The number of rotatable bonds is 5. The summed E-state index contributed by atoms with van der Waals surface area (Å²) in [6.07, 6.45) is 1.69. The number of amides is 1. The van der Waals surface area contributed by atoms with Gasteiger partial charge in [0.05, 0.1) is 17.6 Å². The Morgan fingerprint density at radius 3 is 2.76 bits per heavy atom. The Bertz CT molecular complexity index is 945. The summed E-state index contributed by atoms with van der Waals surface area (Å²) in [6, 6.07) is 10.0. The van der Waals surface area contributed by atoms with Gasteiger partial charge in [0.2, 0.25) is 0 Å². The first-order valence-corrected chi connectivity index (χ1v) is 9.70. The van der Waals surface area contributed by atoms with E-state index in [1.54, 1.807) is 17.9 Å². The SMILES string of the molecule is CCOc1ccc(C(=O)N2CCC[C@H]2c2ccc3c(c2)OCCO3)cc1[N+](=O)[O-]. The molecule has 0 spiro atoms. The Morgan fingerprint density at radius 2 is 2.00 bits per heavy atom. The molecule has 152 valence electrons. The van der Waals surface area contributed by atoms with Crippen LogP contribution in [0, 0.1) is 10.1 Å². The lowest BCUT2D eigenvalue weighted by atomic mass is 10.0. The summed E-state index contributed by atoms with van der Waals surface area (Å²) in [5.74, 6) is 1.33. The first-order valence-electron chi connectivity index (χ1n) is 9.70. The third kappa shape index (κ3) is 3.70. The standard InChI is InChI=1S/C21H22N2O6/c1-2-27-18-7-6-15(12-17(18)23(25)26)21(24)22-9-3-4-16(22)14-5-8-19-20(13-14)29-11-10-28-19/h5-8,12-13,16H,2-4,9-11H2,1H3/t16-/m0/s1. The van der Waals surface area contributed by atoms with Crippen LogP contribution in [-0.4, -0.2) is 42.1 Å². The van der Waals surface area contributed by atoms with Gasteiger partial charge in [0.25, 0.3) is 5.91 Å². The lowest BCUT2D eigenvalue weighted by molar-refractivity contribution is -0.385. The maximum atomic E-state index is 13.2. The largest absolute Gasteiger partial charge is 0.487 e. The number of hydrogen-bond donors (Lipinski definition) is 0. The summed E-state index contributed by atoms with van der Waals surface area (Å²) >= 11 is 0. The highest BCUT2D eigenvalue weighted by Crippen LogP contribution is 2.39. The zero-order chi connectivity index (χ0) is 20.4. The Morgan fingerprint density at radius 1 is 1.21 bits per heavy atom. The fraction of sp³-hybridized carbons (Fsp3) is 0.381. The number of nitro groups is 1. The van der Waals surface area contributed by atoms with E-state index >= 15 is 0 Å². The second kappa shape index (κ2) is 7.98. The van der Waals surface area contributed by atoms with E-state index in [4.69, 9.17) is 14.2 Å². The van der Waals surface area contributed by atoms with Gasteiger partial charge in [-0.15, -0.1) is 0 Å². The predicted molar refractivity (Wildman–Crippen MR) is 105 cm³/mol. The van der Waals surface area contributed by atoms with Gasteiger partial charge < -0.3 is 19.1 Å². The topological polar surface area (TPSA) is 91.1 Å². The fourth-order valence-electron chi connectivity index (χ4n) is 3.86. The zero-order valence-electron chi connectivity index (χ0n) is 16.1. The second-order valence-electron chi connectivity index (χ2n) is 6.93. The minimum Gasteiger partial charge on any atom is -0.487 e. The number of carbonyl (C=O) groups excluding carboxylic acids is 1. The molecule has 1 fully saturated rings. The molecule has 2 aliphatic heterocycles. The van der Waals surface area contributed by atoms with Crippen molar-refractivity contribution in [3.05, 3.63) is 57.6 Å². The van der Waals surface area contributed by atoms with Crippen LogP contribution in [0.15, 0.2) is 36.4 Å². The smallest absolute Gasteiger partial charge is 0.311 e. The Labute approximate surface area is 168 Å². The van der Waals surface area contributed by atoms with E-state index in [0.29, 0.717) is 37.9 Å². The molecule has 4 rings (SSSR count). The molecule has 0 saturated carbocycles. The van der Waals surface area contributed by atoms with E-state index in [0.717, 1.165) is 18.4 Å². The van der Waals surface area contributed by atoms with Crippen molar-refractivity contribution in [2.24, 2.45) is 0 Å². The van der Waals surface area contributed by atoms with Gasteiger partial charge in [0, 0.05) is 18.2 Å². The molecule has 8 heteroatoms. The molecule has 8 nitrogen and oxygen atoms in total. The average molecular weight is 398 g/mol. The summed E-state index contributed by atoms with van der Waals surface area (Å²) in [7, 11) is 0. The Balaban J connectivity index is 1.61. The number of carbonyl (C=O) groups is 1. The molecule has 1 atom stereocenters. The first kappa shape index (κ1) is 19.0. The summed E-state index contributed by atoms with van der Waals surface area (Å²) in [5, 5.41) is 11.4. The van der Waals surface area contributed by atoms with Gasteiger partial charge in [0.15, 0.2) is 17.2 Å². The van der Waals surface area contributed by atoms with Gasteiger partial charge >= 0.3 is 5.69 Å². The van der Waals surface area contributed by atoms with Gasteiger partial charge in [-0.25, -0.2) is 0 Å². The molecule has 0 bridgehead atoms. The van der Waals surface area contributed by atoms with Gasteiger partial charge in [-0.3, -0.25) is 14.9 Å². The molecule has 2 heterocycles. The van der Waals surface area contributed by atoms with Crippen molar-refractivity contribution in [2.75, 3.05) is 26.4 Å². The number of benzene rings is 2. The van der Waals surface area contributed by atoms with E-state index in [1.165, 1.54) is 12.1 Å². The highest BCUT2D eigenvalue weighted by Gasteiger charge is 2.32. The molecule has 2 aliphatic rings. The maximum absolute atomic E-state index is 13.2. The van der Waals surface area contributed by atoms with Crippen LogP contribution in [0.2, 0.25) is 0 Å². The van der Waals surface area contributed by atoms with Crippen LogP contribution in [0.3, 0.4) is 0 Å². The number of likely N-dealkylation sites (tertiary alicyclic amines) is 1. The van der Waals surface area contributed by atoms with E-state index in [1.807, 2.05) is 18.2 Å². The molecule has 1 saturated heterocycles. The number of nitro benzene ring substituents is 1. The maximum Gasteiger partial charge on any atom is 0.311 e. The van der Waals surface area contributed by atoms with E-state index < -0.39 is 4.92 Å². The number of hydrogen-bond acceptors (Lipinski definition) is 6. The monoisotopic (exact) mass is 398 g/mol.